The van der Waals surface area contributed by atoms with Crippen molar-refractivity contribution < 1.29 is 19.1 Å². The van der Waals surface area contributed by atoms with Gasteiger partial charge in [0.25, 0.3) is 5.91 Å². The maximum absolute atomic E-state index is 12.2. The van der Waals surface area contributed by atoms with E-state index in [2.05, 4.69) is 27.8 Å². The van der Waals surface area contributed by atoms with Crippen LogP contribution in [0.25, 0.3) is 0 Å². The monoisotopic (exact) mass is 381 g/mol. The van der Waals surface area contributed by atoms with Gasteiger partial charge in [0.2, 0.25) is 0 Å². The molecule has 0 bridgehead atoms. The van der Waals surface area contributed by atoms with Crippen molar-refractivity contribution in [3.63, 3.8) is 0 Å². The number of benzene rings is 1. The summed E-state index contributed by atoms with van der Waals surface area (Å²) in [4.78, 5) is 35.8. The average Bonchev–Trinajstić information content (AvgIpc) is 2.52. The quantitative estimate of drug-likeness (QED) is 0.426. The molecule has 5 nitrogen and oxygen atoms in total. The fraction of sp³-hybridized carbons (Fsp3) is 0.353. The molecular weight excluding hydrogens is 362 g/mol. The number of ether oxygens (including phenoxy) is 1. The fourth-order valence-corrected chi connectivity index (χ4v) is 2.20. The van der Waals surface area contributed by atoms with E-state index in [-0.39, 0.29) is 12.2 Å². The molecule has 0 aliphatic carbocycles. The third-order valence-corrected chi connectivity index (χ3v) is 3.62. The van der Waals surface area contributed by atoms with Crippen LogP contribution < -0.4 is 5.32 Å². The molecule has 2 atom stereocenters. The van der Waals surface area contributed by atoms with Gasteiger partial charge in [0.05, 0.1) is 5.92 Å². The first-order valence-electron chi connectivity index (χ1n) is 7.23. The zero-order chi connectivity index (χ0) is 17.4. The Labute approximate surface area is 144 Å². The largest absolute Gasteiger partial charge is 0.452 e. The van der Waals surface area contributed by atoms with Gasteiger partial charge in [-0.25, -0.2) is 0 Å². The Hall–Kier alpha value is -1.95. The van der Waals surface area contributed by atoms with Gasteiger partial charge in [-0.15, -0.1) is 6.58 Å². The highest BCUT2D eigenvalue weighted by atomic mass is 79.9. The van der Waals surface area contributed by atoms with Crippen molar-refractivity contribution in [1.29, 1.82) is 0 Å². The zero-order valence-electron chi connectivity index (χ0n) is 13.2. The zero-order valence-corrected chi connectivity index (χ0v) is 14.8. The second kappa shape index (κ2) is 9.25. The molecule has 6 heteroatoms. The van der Waals surface area contributed by atoms with E-state index in [1.54, 1.807) is 25.1 Å². The first-order chi connectivity index (χ1) is 10.8. The molecule has 1 aromatic rings. The summed E-state index contributed by atoms with van der Waals surface area (Å²) in [5.41, 5.74) is 0.524. The summed E-state index contributed by atoms with van der Waals surface area (Å²) in [6.07, 6.45) is 0.646. The Kier molecular flexibility index (Phi) is 7.68. The van der Waals surface area contributed by atoms with Gasteiger partial charge in [-0.2, -0.15) is 0 Å². The number of carbonyl (C=O) groups excluding carboxylic acids is 3. The van der Waals surface area contributed by atoms with Crippen LogP contribution >= 0.6 is 15.9 Å². The smallest absolute Gasteiger partial charge is 0.309 e. The minimum atomic E-state index is -0.911. The molecule has 0 saturated heterocycles. The van der Waals surface area contributed by atoms with Crippen LogP contribution in [0.15, 0.2) is 41.4 Å². The maximum Gasteiger partial charge on any atom is 0.309 e. The number of halogens is 1. The van der Waals surface area contributed by atoms with Crippen LogP contribution in [-0.4, -0.2) is 30.3 Å². The lowest BCUT2D eigenvalue weighted by atomic mass is 10.00. The summed E-state index contributed by atoms with van der Waals surface area (Å²) in [5, 5.41) is 2.54. The first kappa shape index (κ1) is 19.1. The molecule has 124 valence electrons. The van der Waals surface area contributed by atoms with E-state index in [4.69, 9.17) is 4.74 Å². The van der Waals surface area contributed by atoms with E-state index in [0.717, 1.165) is 4.47 Å². The molecule has 0 fully saturated rings. The first-order valence-corrected chi connectivity index (χ1v) is 8.02. The highest BCUT2D eigenvalue weighted by Gasteiger charge is 2.24. The number of amides is 1. The number of Topliss-reactive ketones (excluding diaryl/α,β-unsaturated/α-hetero) is 1. The van der Waals surface area contributed by atoms with Gasteiger partial charge >= 0.3 is 5.97 Å². The molecule has 0 aliphatic rings. The van der Waals surface area contributed by atoms with E-state index in [9.17, 15) is 14.4 Å². The maximum atomic E-state index is 12.2. The molecule has 0 saturated carbocycles. The van der Waals surface area contributed by atoms with Gasteiger partial charge in [-0.3, -0.25) is 14.4 Å². The number of carbonyl (C=O) groups is 3. The van der Waals surface area contributed by atoms with E-state index in [1.807, 2.05) is 6.07 Å². The molecule has 1 amide bonds. The van der Waals surface area contributed by atoms with Crippen LogP contribution in [0, 0.1) is 5.92 Å². The summed E-state index contributed by atoms with van der Waals surface area (Å²) in [7, 11) is 0. The number of esters is 1. The molecule has 0 heterocycles. The predicted molar refractivity (Wildman–Crippen MR) is 91.0 cm³/mol. The van der Waals surface area contributed by atoms with Crippen LogP contribution in [0.2, 0.25) is 0 Å². The second-order valence-electron chi connectivity index (χ2n) is 5.15. The van der Waals surface area contributed by atoms with Gasteiger partial charge < -0.3 is 10.1 Å². The Morgan fingerprint density at radius 2 is 2.04 bits per heavy atom. The molecule has 0 unspecified atom stereocenters. The number of rotatable bonds is 8. The molecule has 0 aromatic heterocycles. The van der Waals surface area contributed by atoms with Crippen molar-refractivity contribution in [2.75, 3.05) is 6.54 Å². The van der Waals surface area contributed by atoms with Crippen molar-refractivity contribution in [2.45, 2.75) is 26.4 Å². The third-order valence-electron chi connectivity index (χ3n) is 3.12. The topological polar surface area (TPSA) is 72.5 Å². The Balaban J connectivity index is 2.55. The summed E-state index contributed by atoms with van der Waals surface area (Å²) < 4.78 is 5.88. The van der Waals surface area contributed by atoms with Gasteiger partial charge in [0.15, 0.2) is 11.9 Å². The highest BCUT2D eigenvalue weighted by Crippen LogP contribution is 2.16. The van der Waals surface area contributed by atoms with E-state index in [0.29, 0.717) is 12.1 Å². The van der Waals surface area contributed by atoms with E-state index < -0.39 is 23.9 Å². The van der Waals surface area contributed by atoms with Crippen molar-refractivity contribution in [3.8, 4) is 0 Å². The molecule has 1 N–H and O–H groups in total. The van der Waals surface area contributed by atoms with Gasteiger partial charge in [-0.1, -0.05) is 41.1 Å². The van der Waals surface area contributed by atoms with Gasteiger partial charge in [0.1, 0.15) is 0 Å². The number of hydrogen-bond acceptors (Lipinski definition) is 4. The molecule has 1 rings (SSSR count). The lowest BCUT2D eigenvalue weighted by molar-refractivity contribution is -0.158. The highest BCUT2D eigenvalue weighted by molar-refractivity contribution is 9.10. The van der Waals surface area contributed by atoms with Crippen molar-refractivity contribution in [3.05, 3.63) is 47.0 Å². The van der Waals surface area contributed by atoms with Crippen LogP contribution in [0.5, 0.6) is 0 Å². The minimum Gasteiger partial charge on any atom is -0.452 e. The van der Waals surface area contributed by atoms with Crippen molar-refractivity contribution in [1.82, 2.24) is 5.32 Å². The molecule has 0 aliphatic heterocycles. The summed E-state index contributed by atoms with van der Waals surface area (Å²) >= 11 is 3.30. The average molecular weight is 382 g/mol. The predicted octanol–water partition coefficient (Wildman–Crippen LogP) is 2.89. The van der Waals surface area contributed by atoms with Crippen LogP contribution in [0.1, 0.15) is 30.6 Å². The van der Waals surface area contributed by atoms with Crippen LogP contribution in [-0.2, 0) is 14.3 Å². The summed E-state index contributed by atoms with van der Waals surface area (Å²) in [6, 6.07) is 6.96. The Bertz CT molecular complexity index is 600. The van der Waals surface area contributed by atoms with Gasteiger partial charge in [-0.05, 0) is 19.1 Å². The Morgan fingerprint density at radius 1 is 1.35 bits per heavy atom. The van der Waals surface area contributed by atoms with Crippen molar-refractivity contribution >= 4 is 33.6 Å². The number of hydrogen-bond donors (Lipinski definition) is 1. The molecule has 0 radical (unpaired) electrons. The normalized spacial score (nSPS) is 12.8. The summed E-state index contributed by atoms with van der Waals surface area (Å²) in [5.74, 6) is -1.76. The molecule has 1 aromatic carbocycles. The number of ketones is 1. The lowest BCUT2D eigenvalue weighted by Gasteiger charge is -2.16. The third kappa shape index (κ3) is 6.36. The van der Waals surface area contributed by atoms with Crippen LogP contribution in [0.3, 0.4) is 0 Å². The van der Waals surface area contributed by atoms with Crippen LogP contribution in [0.4, 0.5) is 0 Å². The molecule has 0 spiro atoms. The van der Waals surface area contributed by atoms with Crippen molar-refractivity contribution in [2.24, 2.45) is 5.92 Å². The van der Waals surface area contributed by atoms with E-state index in [1.165, 1.54) is 13.0 Å². The van der Waals surface area contributed by atoms with Gasteiger partial charge in [0, 0.05) is 23.0 Å². The SMILES string of the molecule is C=CCNC(=O)[C@H](C)OC(=O)[C@@H](C)CC(=O)c1cccc(Br)c1. The Morgan fingerprint density at radius 3 is 2.65 bits per heavy atom. The number of nitrogens with one attached hydrogen (secondary N) is 1. The standard InChI is InChI=1S/C17H20BrNO4/c1-4-8-19-16(21)12(3)23-17(22)11(2)9-15(20)13-6-5-7-14(18)10-13/h4-7,10-12H,1,8-9H2,2-3H3,(H,19,21)/t11-,12-/m0/s1. The molecule has 23 heavy (non-hydrogen) atoms. The summed E-state index contributed by atoms with van der Waals surface area (Å²) in [6.45, 7) is 6.88. The fourth-order valence-electron chi connectivity index (χ4n) is 1.80. The minimum absolute atomic E-state index is 0.0241. The lowest BCUT2D eigenvalue weighted by Crippen LogP contribution is -2.37. The molecular formula is C17H20BrNO4. The van der Waals surface area contributed by atoms with E-state index >= 15 is 0 Å². The second-order valence-corrected chi connectivity index (χ2v) is 6.07.